The Kier molecular flexibility index (Phi) is 6.19. The summed E-state index contributed by atoms with van der Waals surface area (Å²) in [6, 6.07) is 11.7. The van der Waals surface area contributed by atoms with E-state index in [0.29, 0.717) is 0 Å². The van der Waals surface area contributed by atoms with Gasteiger partial charge >= 0.3 is 0 Å². The predicted octanol–water partition coefficient (Wildman–Crippen LogP) is 4.51. The molecule has 1 atom stereocenters. The molecule has 0 radical (unpaired) electrons. The van der Waals surface area contributed by atoms with Gasteiger partial charge in [-0.1, -0.05) is 43.8 Å². The van der Waals surface area contributed by atoms with E-state index in [2.05, 4.69) is 46.3 Å². The minimum Gasteiger partial charge on any atom is -0.345 e. The van der Waals surface area contributed by atoms with E-state index >= 15 is 0 Å². The molecule has 0 bridgehead atoms. The number of aromatic nitrogens is 5. The maximum Gasteiger partial charge on any atom is 0.231 e. The van der Waals surface area contributed by atoms with Crippen LogP contribution in [0.2, 0.25) is 0 Å². The number of benzene rings is 1. The van der Waals surface area contributed by atoms with Crippen LogP contribution in [0.4, 0.5) is 0 Å². The van der Waals surface area contributed by atoms with Gasteiger partial charge in [-0.05, 0) is 36.4 Å². The molecule has 3 heterocycles. The topological polar surface area (TPSA) is 88.5 Å². The van der Waals surface area contributed by atoms with Crippen molar-refractivity contribution in [2.45, 2.75) is 38.5 Å². The van der Waals surface area contributed by atoms with Crippen molar-refractivity contribution in [2.24, 2.45) is 5.92 Å². The zero-order chi connectivity index (χ0) is 21.1. The van der Waals surface area contributed by atoms with Crippen molar-refractivity contribution in [1.29, 1.82) is 0 Å². The van der Waals surface area contributed by atoms with Gasteiger partial charge in [0, 0.05) is 6.54 Å². The molecule has 3 aromatic heterocycles. The monoisotopic (exact) mass is 440 g/mol. The van der Waals surface area contributed by atoms with Crippen LogP contribution in [0.1, 0.15) is 32.6 Å². The molecule has 156 valence electrons. The molecule has 0 aliphatic heterocycles. The third-order valence-corrected chi connectivity index (χ3v) is 6.62. The molecule has 9 heteroatoms. The van der Waals surface area contributed by atoms with Gasteiger partial charge in [-0.25, -0.2) is 4.98 Å². The molecule has 0 saturated heterocycles. The van der Waals surface area contributed by atoms with Crippen LogP contribution in [0, 0.1) is 5.92 Å². The number of nitrogens with one attached hydrogen (secondary N) is 2. The van der Waals surface area contributed by atoms with Crippen molar-refractivity contribution in [1.82, 2.24) is 30.0 Å². The van der Waals surface area contributed by atoms with Gasteiger partial charge < -0.3 is 14.9 Å². The number of carbonyl (C=O) groups excluding carboxylic acids is 1. The maximum absolute atomic E-state index is 12.7. The van der Waals surface area contributed by atoms with E-state index in [0.717, 1.165) is 39.3 Å². The van der Waals surface area contributed by atoms with E-state index in [9.17, 15) is 4.79 Å². The van der Waals surface area contributed by atoms with Crippen LogP contribution in [0.25, 0.3) is 21.7 Å². The first-order valence-corrected chi connectivity index (χ1v) is 11.8. The Morgan fingerprint density at radius 3 is 2.77 bits per heavy atom. The Balaban J connectivity index is 1.44. The molecule has 1 aromatic carbocycles. The first-order valence-electron chi connectivity index (χ1n) is 9.90. The Morgan fingerprint density at radius 1 is 1.23 bits per heavy atom. The van der Waals surface area contributed by atoms with Gasteiger partial charge in [-0.3, -0.25) is 4.79 Å². The van der Waals surface area contributed by atoms with Gasteiger partial charge in [0.25, 0.3) is 0 Å². The van der Waals surface area contributed by atoms with E-state index in [1.165, 1.54) is 11.8 Å². The lowest BCUT2D eigenvalue weighted by Gasteiger charge is -2.20. The number of hydrogen-bond acceptors (Lipinski definition) is 6. The lowest BCUT2D eigenvalue weighted by atomic mass is 10.0. The Morgan fingerprint density at radius 2 is 2.07 bits per heavy atom. The third kappa shape index (κ3) is 4.27. The Hall–Kier alpha value is -2.65. The quantitative estimate of drug-likeness (QED) is 0.394. The van der Waals surface area contributed by atoms with E-state index in [4.69, 9.17) is 0 Å². The zero-order valence-corrected chi connectivity index (χ0v) is 18.8. The molecule has 30 heavy (non-hydrogen) atoms. The number of thioether (sulfide) groups is 1. The van der Waals surface area contributed by atoms with E-state index in [1.54, 1.807) is 11.3 Å². The van der Waals surface area contributed by atoms with Crippen LogP contribution < -0.4 is 5.32 Å². The third-order valence-electron chi connectivity index (χ3n) is 4.79. The normalized spacial score (nSPS) is 12.5. The smallest absolute Gasteiger partial charge is 0.231 e. The highest BCUT2D eigenvalue weighted by atomic mass is 32.2. The number of imidazole rings is 1. The van der Waals surface area contributed by atoms with Crippen LogP contribution in [-0.2, 0) is 11.3 Å². The first kappa shape index (κ1) is 20.6. The summed E-state index contributed by atoms with van der Waals surface area (Å²) in [7, 11) is 0. The van der Waals surface area contributed by atoms with Crippen LogP contribution in [0.3, 0.4) is 0 Å². The predicted molar refractivity (Wildman–Crippen MR) is 122 cm³/mol. The van der Waals surface area contributed by atoms with Gasteiger partial charge in [-0.15, -0.1) is 21.5 Å². The summed E-state index contributed by atoms with van der Waals surface area (Å²) in [6.07, 6.45) is 0. The molecule has 0 aliphatic rings. The number of para-hydroxylation sites is 2. The zero-order valence-electron chi connectivity index (χ0n) is 17.1. The summed E-state index contributed by atoms with van der Waals surface area (Å²) in [5, 5.41) is 14.5. The first-order chi connectivity index (χ1) is 14.6. The molecule has 4 rings (SSSR count). The second-order valence-electron chi connectivity index (χ2n) is 7.24. The highest BCUT2D eigenvalue weighted by Gasteiger charge is 2.22. The maximum atomic E-state index is 12.7. The van der Waals surface area contributed by atoms with Crippen LogP contribution >= 0.6 is 23.1 Å². The molecular formula is C21H24N6OS2. The van der Waals surface area contributed by atoms with Gasteiger partial charge in [0.2, 0.25) is 5.91 Å². The molecule has 0 unspecified atom stereocenters. The Labute approximate surface area is 183 Å². The number of H-pyrrole nitrogens is 1. The minimum absolute atomic E-state index is 0.0533. The lowest BCUT2D eigenvalue weighted by Crippen LogP contribution is -2.33. The number of amides is 1. The number of nitrogens with zero attached hydrogens (tertiary/aromatic N) is 4. The summed E-state index contributed by atoms with van der Waals surface area (Å²) in [4.78, 5) is 21.8. The summed E-state index contributed by atoms with van der Waals surface area (Å²) < 4.78 is 2.04. The van der Waals surface area contributed by atoms with Crippen LogP contribution in [-0.4, -0.2) is 36.4 Å². The van der Waals surface area contributed by atoms with Gasteiger partial charge in [-0.2, -0.15) is 0 Å². The average Bonchev–Trinajstić information content (AvgIpc) is 3.48. The van der Waals surface area contributed by atoms with Gasteiger partial charge in [0.1, 0.15) is 5.82 Å². The number of hydrogen-bond donors (Lipinski definition) is 2. The molecule has 0 fully saturated rings. The van der Waals surface area contributed by atoms with Crippen molar-refractivity contribution in [2.75, 3.05) is 5.75 Å². The van der Waals surface area contributed by atoms with Gasteiger partial charge in [0.05, 0.1) is 27.7 Å². The number of fused-ring (bicyclic) bond motifs is 1. The van der Waals surface area contributed by atoms with E-state index in [1.807, 2.05) is 46.3 Å². The fourth-order valence-corrected chi connectivity index (χ4v) is 4.82. The summed E-state index contributed by atoms with van der Waals surface area (Å²) in [5.74, 6) is 2.04. The second-order valence-corrected chi connectivity index (χ2v) is 9.14. The van der Waals surface area contributed by atoms with Crippen LogP contribution in [0.15, 0.2) is 46.9 Å². The SMILES string of the molecule is CCn1c(SCC(=O)N[C@H](c2nc3ccccc3[nH]2)C(C)C)nnc1-c1cccs1. The fraction of sp³-hybridized carbons (Fsp3) is 0.333. The molecule has 0 spiro atoms. The average molecular weight is 441 g/mol. The highest BCUT2D eigenvalue weighted by molar-refractivity contribution is 7.99. The summed E-state index contributed by atoms with van der Waals surface area (Å²) >= 11 is 3.03. The van der Waals surface area contributed by atoms with Crippen molar-refractivity contribution in [3.8, 4) is 10.7 Å². The molecule has 4 aromatic rings. The molecule has 0 saturated carbocycles. The molecule has 2 N–H and O–H groups in total. The van der Waals surface area contributed by atoms with Crippen molar-refractivity contribution < 1.29 is 4.79 Å². The molecule has 1 amide bonds. The Bertz CT molecular complexity index is 1100. The second kappa shape index (κ2) is 9.01. The lowest BCUT2D eigenvalue weighted by molar-refractivity contribution is -0.119. The number of thiophene rings is 1. The van der Waals surface area contributed by atoms with E-state index < -0.39 is 0 Å². The van der Waals surface area contributed by atoms with Crippen LogP contribution in [0.5, 0.6) is 0 Å². The van der Waals surface area contributed by atoms with Crippen molar-refractivity contribution in [3.05, 3.63) is 47.6 Å². The number of aromatic amines is 1. The van der Waals surface area contributed by atoms with Crippen molar-refractivity contribution >= 4 is 40.0 Å². The van der Waals surface area contributed by atoms with Crippen molar-refractivity contribution in [3.63, 3.8) is 0 Å². The molecule has 7 nitrogen and oxygen atoms in total. The van der Waals surface area contributed by atoms with E-state index in [-0.39, 0.29) is 23.6 Å². The minimum atomic E-state index is -0.184. The molecule has 0 aliphatic carbocycles. The largest absolute Gasteiger partial charge is 0.345 e. The number of rotatable bonds is 8. The summed E-state index contributed by atoms with van der Waals surface area (Å²) in [6.45, 7) is 6.96. The summed E-state index contributed by atoms with van der Waals surface area (Å²) in [5.41, 5.74) is 1.87. The number of carbonyl (C=O) groups is 1. The fourth-order valence-electron chi connectivity index (χ4n) is 3.28. The standard InChI is InChI=1S/C21H24N6OS2/c1-4-27-20(16-10-7-11-29-16)25-26-21(27)30-12-17(28)24-18(13(2)3)19-22-14-8-5-6-9-15(14)23-19/h5-11,13,18H,4,12H2,1-3H3,(H,22,23)(H,24,28)/t18-/m0/s1. The van der Waals surface area contributed by atoms with Gasteiger partial charge in [0.15, 0.2) is 11.0 Å². The highest BCUT2D eigenvalue weighted by Crippen LogP contribution is 2.27. The molecular weight excluding hydrogens is 416 g/mol.